The minimum atomic E-state index is -0.633. The fourth-order valence-electron chi connectivity index (χ4n) is 4.49. The number of carbonyl (C=O) groups excluding carboxylic acids is 2. The van der Waals surface area contributed by atoms with E-state index in [1.807, 2.05) is 6.92 Å². The molecule has 0 aliphatic heterocycles. The van der Waals surface area contributed by atoms with E-state index in [2.05, 4.69) is 26.0 Å². The molecular formula is C23H29N3O4. The van der Waals surface area contributed by atoms with E-state index < -0.39 is 17.4 Å². The highest BCUT2D eigenvalue weighted by molar-refractivity contribution is 5.94. The molecule has 0 atom stereocenters. The zero-order valence-electron chi connectivity index (χ0n) is 17.6. The van der Waals surface area contributed by atoms with Gasteiger partial charge in [0, 0.05) is 16.7 Å². The van der Waals surface area contributed by atoms with Gasteiger partial charge < -0.3 is 5.73 Å². The van der Waals surface area contributed by atoms with Crippen LogP contribution in [0.2, 0.25) is 0 Å². The molecule has 0 unspecified atom stereocenters. The second-order valence-electron chi connectivity index (χ2n) is 9.48. The average Bonchev–Trinajstić information content (AvgIpc) is 2.63. The topological polar surface area (TPSA) is 125 Å². The van der Waals surface area contributed by atoms with E-state index >= 15 is 0 Å². The Morgan fingerprint density at radius 1 is 0.733 bits per heavy atom. The molecular weight excluding hydrogens is 382 g/mol. The van der Waals surface area contributed by atoms with Crippen LogP contribution in [0.1, 0.15) is 63.7 Å². The maximum absolute atomic E-state index is 12.1. The van der Waals surface area contributed by atoms with Crippen LogP contribution in [0.3, 0.4) is 0 Å². The molecule has 2 amide bonds. The lowest BCUT2D eigenvalue weighted by atomic mass is 9.77. The van der Waals surface area contributed by atoms with Gasteiger partial charge in [-0.15, -0.1) is 0 Å². The summed E-state index contributed by atoms with van der Waals surface area (Å²) in [6.45, 7) is 6.19. The molecule has 160 valence electrons. The third-order valence-electron chi connectivity index (χ3n) is 5.41. The predicted octanol–water partition coefficient (Wildman–Crippen LogP) is 2.55. The zero-order chi connectivity index (χ0) is 22.1. The number of amides is 2. The van der Waals surface area contributed by atoms with Crippen LogP contribution in [0.4, 0.5) is 0 Å². The number of rotatable bonds is 2. The Hall–Kier alpha value is -2.74. The number of carbonyl (C=O) groups is 2. The predicted molar refractivity (Wildman–Crippen MR) is 113 cm³/mol. The quantitative estimate of drug-likeness (QED) is 0.384. The van der Waals surface area contributed by atoms with E-state index in [1.165, 1.54) is 0 Å². The van der Waals surface area contributed by atoms with Crippen molar-refractivity contribution in [3.63, 3.8) is 0 Å². The van der Waals surface area contributed by atoms with Crippen LogP contribution in [0.25, 0.3) is 0 Å². The molecule has 2 aromatic carbocycles. The first-order chi connectivity index (χ1) is 14.0. The third-order valence-corrected chi connectivity index (χ3v) is 5.41. The number of nitrogens with one attached hydrogen (secondary N) is 2. The van der Waals surface area contributed by atoms with Crippen LogP contribution in [0, 0.1) is 5.41 Å². The van der Waals surface area contributed by atoms with Gasteiger partial charge in [-0.05, 0) is 84.5 Å². The number of hydrogen-bond donors (Lipinski definition) is 5. The van der Waals surface area contributed by atoms with Crippen molar-refractivity contribution in [1.82, 2.24) is 11.0 Å². The van der Waals surface area contributed by atoms with Crippen molar-refractivity contribution in [2.45, 2.75) is 52.0 Å². The van der Waals surface area contributed by atoms with Crippen molar-refractivity contribution in [3.05, 3.63) is 69.8 Å². The molecule has 0 spiro atoms. The zero-order valence-corrected chi connectivity index (χ0v) is 17.6. The summed E-state index contributed by atoms with van der Waals surface area (Å²) in [6, 6.07) is 11.2. The number of hydroxylamine groups is 2. The lowest BCUT2D eigenvalue weighted by molar-refractivity contribution is 0.0702. The second-order valence-corrected chi connectivity index (χ2v) is 9.48. The standard InChI is InChI=1S/C23H29N3O4/c1-22(2)10-14-4-16(8-18(6-14)20(27)25-29)12-23(3,24)13-17-5-15(11-22)7-19(9-17)21(28)26-30/h4-9,29-30H,10-13,24H2,1-3H3,(H,25,27)(H,26,28). The summed E-state index contributed by atoms with van der Waals surface area (Å²) in [6.07, 6.45) is 2.41. The van der Waals surface area contributed by atoms with Gasteiger partial charge in [-0.2, -0.15) is 0 Å². The first-order valence-corrected chi connectivity index (χ1v) is 9.94. The molecule has 2 aromatic rings. The van der Waals surface area contributed by atoms with E-state index in [9.17, 15) is 9.59 Å². The minimum absolute atomic E-state index is 0.164. The molecule has 0 fully saturated rings. The maximum atomic E-state index is 12.1. The summed E-state index contributed by atoms with van der Waals surface area (Å²) in [5.74, 6) is -1.10. The molecule has 6 N–H and O–H groups in total. The molecule has 3 rings (SSSR count). The molecule has 7 nitrogen and oxygen atoms in total. The highest BCUT2D eigenvalue weighted by Crippen LogP contribution is 2.31. The average molecular weight is 412 g/mol. The second kappa shape index (κ2) is 8.18. The Balaban J connectivity index is 2.11. The largest absolute Gasteiger partial charge is 0.325 e. The van der Waals surface area contributed by atoms with Crippen molar-refractivity contribution in [1.29, 1.82) is 0 Å². The van der Waals surface area contributed by atoms with Gasteiger partial charge in [-0.25, -0.2) is 11.0 Å². The number of fused-ring (bicyclic) bond motifs is 4. The summed E-state index contributed by atoms with van der Waals surface area (Å²) in [5.41, 5.74) is 13.8. The van der Waals surface area contributed by atoms with Crippen LogP contribution in [-0.4, -0.2) is 27.8 Å². The summed E-state index contributed by atoms with van der Waals surface area (Å²) in [4.78, 5) is 24.1. The third kappa shape index (κ3) is 5.24. The SMILES string of the molecule is CC1(C)Cc2cc(cc(C(=O)NO)c2)CC(C)(N)Cc2cc(cc(C(=O)NO)c2)C1. The van der Waals surface area contributed by atoms with Crippen molar-refractivity contribution in [3.8, 4) is 0 Å². The minimum Gasteiger partial charge on any atom is -0.325 e. The van der Waals surface area contributed by atoms with Crippen LogP contribution in [-0.2, 0) is 25.7 Å². The molecule has 0 radical (unpaired) electrons. The normalized spacial score (nSPS) is 17.3. The smallest absolute Gasteiger partial charge is 0.274 e. The maximum Gasteiger partial charge on any atom is 0.274 e. The number of nitrogens with two attached hydrogens (primary N) is 1. The fourth-order valence-corrected chi connectivity index (χ4v) is 4.49. The molecule has 0 saturated heterocycles. The van der Waals surface area contributed by atoms with Crippen LogP contribution in [0.15, 0.2) is 36.4 Å². The highest BCUT2D eigenvalue weighted by Gasteiger charge is 2.26. The molecule has 7 heteroatoms. The van der Waals surface area contributed by atoms with Gasteiger partial charge in [-0.3, -0.25) is 20.0 Å². The lowest BCUT2D eigenvalue weighted by Gasteiger charge is -2.30. The molecule has 30 heavy (non-hydrogen) atoms. The van der Waals surface area contributed by atoms with Crippen molar-refractivity contribution >= 4 is 11.8 Å². The van der Waals surface area contributed by atoms with E-state index in [1.54, 1.807) is 35.2 Å². The van der Waals surface area contributed by atoms with E-state index in [0.717, 1.165) is 22.3 Å². The molecule has 0 heterocycles. The molecule has 1 aliphatic carbocycles. The molecule has 0 aromatic heterocycles. The monoisotopic (exact) mass is 411 g/mol. The summed E-state index contributed by atoms with van der Waals surface area (Å²) >= 11 is 0. The van der Waals surface area contributed by atoms with Gasteiger partial charge in [0.1, 0.15) is 0 Å². The Morgan fingerprint density at radius 3 is 1.40 bits per heavy atom. The fraction of sp³-hybridized carbons (Fsp3) is 0.391. The molecule has 0 saturated carbocycles. The first kappa shape index (κ1) is 22.0. The summed E-state index contributed by atoms with van der Waals surface area (Å²) in [5, 5.41) is 18.2. The van der Waals surface area contributed by atoms with Crippen molar-refractivity contribution in [2.75, 3.05) is 0 Å². The number of benzene rings is 2. The van der Waals surface area contributed by atoms with E-state index in [4.69, 9.17) is 16.1 Å². The lowest BCUT2D eigenvalue weighted by Crippen LogP contribution is -2.41. The Kier molecular flexibility index (Phi) is 5.99. The Morgan fingerprint density at radius 2 is 1.07 bits per heavy atom. The van der Waals surface area contributed by atoms with Crippen LogP contribution >= 0.6 is 0 Å². The van der Waals surface area contributed by atoms with Gasteiger partial charge in [-0.1, -0.05) is 26.0 Å². The summed E-state index contributed by atoms with van der Waals surface area (Å²) < 4.78 is 0. The van der Waals surface area contributed by atoms with Gasteiger partial charge in [0.25, 0.3) is 11.8 Å². The van der Waals surface area contributed by atoms with Gasteiger partial charge in [0.2, 0.25) is 0 Å². The molecule has 1 aliphatic rings. The van der Waals surface area contributed by atoms with Gasteiger partial charge >= 0.3 is 0 Å². The Labute approximate surface area is 176 Å². The van der Waals surface area contributed by atoms with Gasteiger partial charge in [0.05, 0.1) is 0 Å². The van der Waals surface area contributed by atoms with Crippen molar-refractivity contribution in [2.24, 2.45) is 11.1 Å². The van der Waals surface area contributed by atoms with Crippen molar-refractivity contribution < 1.29 is 20.0 Å². The van der Waals surface area contributed by atoms with Crippen LogP contribution < -0.4 is 16.7 Å². The first-order valence-electron chi connectivity index (χ1n) is 9.94. The van der Waals surface area contributed by atoms with Gasteiger partial charge in [0.15, 0.2) is 0 Å². The Bertz CT molecular complexity index is 850. The molecule has 4 bridgehead atoms. The van der Waals surface area contributed by atoms with E-state index in [-0.39, 0.29) is 5.41 Å². The van der Waals surface area contributed by atoms with Crippen LogP contribution in [0.5, 0.6) is 0 Å². The number of hydrogen-bond acceptors (Lipinski definition) is 5. The highest BCUT2D eigenvalue weighted by atomic mass is 16.5. The summed E-state index contributed by atoms with van der Waals surface area (Å²) in [7, 11) is 0. The van der Waals surface area contributed by atoms with E-state index in [0.29, 0.717) is 36.8 Å².